The molecule has 0 unspecified atom stereocenters. The number of carbonyl (C=O) groups excluding carboxylic acids is 2. The molecule has 0 aliphatic rings. The minimum Gasteiger partial charge on any atom is -0.483 e. The molecular formula is C27H24N2O3. The number of para-hydroxylation sites is 1. The van der Waals surface area contributed by atoms with E-state index in [4.69, 9.17) is 4.74 Å². The molecule has 4 aromatic carbocycles. The Labute approximate surface area is 187 Å². The molecule has 0 bridgehead atoms. The maximum atomic E-state index is 12.9. The van der Waals surface area contributed by atoms with Crippen molar-refractivity contribution in [3.63, 3.8) is 0 Å². The lowest BCUT2D eigenvalue weighted by atomic mass is 10.1. The third kappa shape index (κ3) is 4.95. The standard InChI is InChI=1S/C27H24N2O3/c1-19(20-10-3-2-4-11-20)28-27(31)23-15-7-8-16-24(23)29-26(30)18-32-25-17-9-13-21-12-5-6-14-22(21)25/h2-17,19H,18H2,1H3,(H,28,31)(H,29,30)/t19-/m0/s1. The first kappa shape index (κ1) is 21.1. The van der Waals surface area contributed by atoms with Crippen LogP contribution < -0.4 is 15.4 Å². The lowest BCUT2D eigenvalue weighted by Crippen LogP contribution is -2.28. The van der Waals surface area contributed by atoms with Gasteiger partial charge in [0.25, 0.3) is 11.8 Å². The molecule has 5 heteroatoms. The predicted molar refractivity (Wildman–Crippen MR) is 127 cm³/mol. The van der Waals surface area contributed by atoms with Gasteiger partial charge in [-0.3, -0.25) is 9.59 Å². The van der Waals surface area contributed by atoms with E-state index in [9.17, 15) is 9.59 Å². The summed E-state index contributed by atoms with van der Waals surface area (Å²) in [6.07, 6.45) is 0. The summed E-state index contributed by atoms with van der Waals surface area (Å²) in [6.45, 7) is 1.76. The van der Waals surface area contributed by atoms with Crippen LogP contribution in [0.3, 0.4) is 0 Å². The van der Waals surface area contributed by atoms with E-state index in [1.165, 1.54) is 0 Å². The molecule has 32 heavy (non-hydrogen) atoms. The van der Waals surface area contributed by atoms with Crippen LogP contribution in [-0.4, -0.2) is 18.4 Å². The SMILES string of the molecule is C[C@H](NC(=O)c1ccccc1NC(=O)COc1cccc2ccccc12)c1ccccc1. The van der Waals surface area contributed by atoms with Crippen LogP contribution >= 0.6 is 0 Å². The van der Waals surface area contributed by atoms with Crippen molar-refractivity contribution in [1.29, 1.82) is 0 Å². The highest BCUT2D eigenvalue weighted by Gasteiger charge is 2.16. The maximum absolute atomic E-state index is 12.9. The highest BCUT2D eigenvalue weighted by molar-refractivity contribution is 6.04. The number of carbonyl (C=O) groups is 2. The number of nitrogens with one attached hydrogen (secondary N) is 2. The molecule has 0 spiro atoms. The molecule has 1 atom stereocenters. The van der Waals surface area contributed by atoms with Crippen LogP contribution in [0.25, 0.3) is 10.8 Å². The summed E-state index contributed by atoms with van der Waals surface area (Å²) in [6, 6.07) is 30.1. The molecule has 160 valence electrons. The highest BCUT2D eigenvalue weighted by atomic mass is 16.5. The van der Waals surface area contributed by atoms with Gasteiger partial charge < -0.3 is 15.4 Å². The Balaban J connectivity index is 1.42. The van der Waals surface area contributed by atoms with Crippen molar-refractivity contribution in [1.82, 2.24) is 5.32 Å². The summed E-state index contributed by atoms with van der Waals surface area (Å²) < 4.78 is 5.76. The van der Waals surface area contributed by atoms with Gasteiger partial charge in [0, 0.05) is 5.39 Å². The topological polar surface area (TPSA) is 67.4 Å². The number of fused-ring (bicyclic) bond motifs is 1. The predicted octanol–water partition coefficient (Wildman–Crippen LogP) is 5.35. The van der Waals surface area contributed by atoms with E-state index in [0.717, 1.165) is 16.3 Å². The van der Waals surface area contributed by atoms with E-state index in [-0.39, 0.29) is 24.5 Å². The van der Waals surface area contributed by atoms with E-state index in [1.807, 2.05) is 79.7 Å². The van der Waals surface area contributed by atoms with Gasteiger partial charge in [0.15, 0.2) is 6.61 Å². The Hall–Kier alpha value is -4.12. The van der Waals surface area contributed by atoms with Crippen LogP contribution in [0, 0.1) is 0 Å². The van der Waals surface area contributed by atoms with Crippen LogP contribution in [0.15, 0.2) is 97.1 Å². The first-order chi connectivity index (χ1) is 15.6. The zero-order valence-electron chi connectivity index (χ0n) is 17.7. The molecule has 0 aliphatic carbocycles. The molecule has 4 rings (SSSR count). The van der Waals surface area contributed by atoms with E-state index >= 15 is 0 Å². The fourth-order valence-electron chi connectivity index (χ4n) is 3.54. The van der Waals surface area contributed by atoms with Crippen LogP contribution in [-0.2, 0) is 4.79 Å². The summed E-state index contributed by atoms with van der Waals surface area (Å²) in [5.41, 5.74) is 1.84. The summed E-state index contributed by atoms with van der Waals surface area (Å²) >= 11 is 0. The molecule has 0 heterocycles. The minimum absolute atomic E-state index is 0.162. The number of hydrogen-bond donors (Lipinski definition) is 2. The Kier molecular flexibility index (Phi) is 6.46. The fourth-order valence-corrected chi connectivity index (χ4v) is 3.54. The van der Waals surface area contributed by atoms with Crippen molar-refractivity contribution in [2.75, 3.05) is 11.9 Å². The van der Waals surface area contributed by atoms with E-state index < -0.39 is 0 Å². The normalized spacial score (nSPS) is 11.5. The van der Waals surface area contributed by atoms with Gasteiger partial charge in [-0.05, 0) is 36.1 Å². The van der Waals surface area contributed by atoms with Crippen LogP contribution in [0.1, 0.15) is 28.9 Å². The Bertz CT molecular complexity index is 1230. The number of hydrogen-bond acceptors (Lipinski definition) is 3. The van der Waals surface area contributed by atoms with Gasteiger partial charge in [0.1, 0.15) is 5.75 Å². The maximum Gasteiger partial charge on any atom is 0.262 e. The van der Waals surface area contributed by atoms with E-state index in [0.29, 0.717) is 17.0 Å². The van der Waals surface area contributed by atoms with Crippen molar-refractivity contribution in [2.24, 2.45) is 0 Å². The zero-order valence-corrected chi connectivity index (χ0v) is 17.7. The molecular weight excluding hydrogens is 400 g/mol. The van der Waals surface area contributed by atoms with Crippen LogP contribution in [0.2, 0.25) is 0 Å². The number of anilines is 1. The Morgan fingerprint density at radius 2 is 1.50 bits per heavy atom. The second-order valence-electron chi connectivity index (χ2n) is 7.47. The number of ether oxygens (including phenoxy) is 1. The lowest BCUT2D eigenvalue weighted by molar-refractivity contribution is -0.118. The molecule has 0 saturated heterocycles. The molecule has 4 aromatic rings. The van der Waals surface area contributed by atoms with Gasteiger partial charge in [-0.1, -0.05) is 78.9 Å². The zero-order chi connectivity index (χ0) is 22.3. The largest absolute Gasteiger partial charge is 0.483 e. The average molecular weight is 425 g/mol. The summed E-state index contributed by atoms with van der Waals surface area (Å²) in [5.74, 6) is 0.0440. The second kappa shape index (κ2) is 9.79. The van der Waals surface area contributed by atoms with Gasteiger partial charge in [0.2, 0.25) is 0 Å². The monoisotopic (exact) mass is 424 g/mol. The fraction of sp³-hybridized carbons (Fsp3) is 0.111. The summed E-state index contributed by atoms with van der Waals surface area (Å²) in [4.78, 5) is 25.4. The first-order valence-corrected chi connectivity index (χ1v) is 10.5. The summed E-state index contributed by atoms with van der Waals surface area (Å²) in [5, 5.41) is 7.76. The second-order valence-corrected chi connectivity index (χ2v) is 7.47. The number of rotatable bonds is 7. The molecule has 5 nitrogen and oxygen atoms in total. The number of benzene rings is 4. The Morgan fingerprint density at radius 3 is 2.34 bits per heavy atom. The molecule has 0 saturated carbocycles. The van der Waals surface area contributed by atoms with Gasteiger partial charge in [0.05, 0.1) is 17.3 Å². The van der Waals surface area contributed by atoms with Crippen molar-refractivity contribution < 1.29 is 14.3 Å². The Morgan fingerprint density at radius 1 is 0.812 bits per heavy atom. The van der Waals surface area contributed by atoms with Crippen molar-refractivity contribution in [3.05, 3.63) is 108 Å². The molecule has 0 aromatic heterocycles. The van der Waals surface area contributed by atoms with Crippen molar-refractivity contribution in [3.8, 4) is 5.75 Å². The van der Waals surface area contributed by atoms with Gasteiger partial charge in [-0.15, -0.1) is 0 Å². The number of amides is 2. The van der Waals surface area contributed by atoms with Gasteiger partial charge in [-0.25, -0.2) is 0 Å². The average Bonchev–Trinajstić information content (AvgIpc) is 2.83. The van der Waals surface area contributed by atoms with Crippen molar-refractivity contribution in [2.45, 2.75) is 13.0 Å². The molecule has 0 aliphatic heterocycles. The first-order valence-electron chi connectivity index (χ1n) is 10.5. The van der Waals surface area contributed by atoms with Gasteiger partial charge >= 0.3 is 0 Å². The van der Waals surface area contributed by atoms with Crippen LogP contribution in [0.5, 0.6) is 5.75 Å². The van der Waals surface area contributed by atoms with E-state index in [1.54, 1.807) is 24.3 Å². The molecule has 0 radical (unpaired) electrons. The highest BCUT2D eigenvalue weighted by Crippen LogP contribution is 2.25. The van der Waals surface area contributed by atoms with E-state index in [2.05, 4.69) is 10.6 Å². The molecule has 0 fully saturated rings. The summed E-state index contributed by atoms with van der Waals surface area (Å²) in [7, 11) is 0. The minimum atomic E-state index is -0.339. The van der Waals surface area contributed by atoms with Crippen LogP contribution in [0.4, 0.5) is 5.69 Å². The third-order valence-corrected chi connectivity index (χ3v) is 5.20. The lowest BCUT2D eigenvalue weighted by Gasteiger charge is -2.16. The third-order valence-electron chi connectivity index (χ3n) is 5.20. The molecule has 2 N–H and O–H groups in total. The smallest absolute Gasteiger partial charge is 0.262 e. The van der Waals surface area contributed by atoms with Crippen molar-refractivity contribution >= 4 is 28.3 Å². The quantitative estimate of drug-likeness (QED) is 0.420. The van der Waals surface area contributed by atoms with Gasteiger partial charge in [-0.2, -0.15) is 0 Å². The molecule has 2 amide bonds.